The van der Waals surface area contributed by atoms with Crippen molar-refractivity contribution in [3.05, 3.63) is 35.4 Å². The van der Waals surface area contributed by atoms with E-state index in [-0.39, 0.29) is 19.1 Å². The number of rotatable bonds is 6. The first kappa shape index (κ1) is 23.9. The van der Waals surface area contributed by atoms with Gasteiger partial charge >= 0.3 is 12.2 Å². The first-order valence-corrected chi connectivity index (χ1v) is 9.96. The van der Waals surface area contributed by atoms with Crippen molar-refractivity contribution >= 4 is 12.2 Å². The van der Waals surface area contributed by atoms with E-state index in [1.165, 1.54) is 19.2 Å². The Balaban J connectivity index is 2.14. The molecule has 0 radical (unpaired) electrons. The van der Waals surface area contributed by atoms with Crippen LogP contribution in [0.1, 0.15) is 45.3 Å². The molecule has 2 atom stereocenters. The molecule has 0 aromatic heterocycles. The molecule has 1 aliphatic rings. The molecule has 2 rings (SSSR count). The van der Waals surface area contributed by atoms with Crippen molar-refractivity contribution in [3.8, 4) is 0 Å². The van der Waals surface area contributed by atoms with Gasteiger partial charge in [0, 0.05) is 31.6 Å². The van der Waals surface area contributed by atoms with Crippen LogP contribution in [0.2, 0.25) is 0 Å². The summed E-state index contributed by atoms with van der Waals surface area (Å²) in [5.41, 5.74) is -0.271. The third kappa shape index (κ3) is 7.44. The number of alkyl carbamates (subject to hydrolysis) is 1. The maximum atomic E-state index is 13.8. The molecular formula is C21H30F2N2O5. The first-order valence-electron chi connectivity index (χ1n) is 9.96. The number of nitrogens with zero attached hydrogens (tertiary/aromatic N) is 1. The number of carbonyl (C=O) groups is 2. The number of benzene rings is 1. The highest BCUT2D eigenvalue weighted by Crippen LogP contribution is 2.34. The van der Waals surface area contributed by atoms with Crippen LogP contribution in [-0.2, 0) is 14.2 Å². The zero-order valence-electron chi connectivity index (χ0n) is 17.9. The van der Waals surface area contributed by atoms with Crippen molar-refractivity contribution < 1.29 is 32.6 Å². The predicted octanol–water partition coefficient (Wildman–Crippen LogP) is 4.03. The average molecular weight is 428 g/mol. The Labute approximate surface area is 175 Å². The molecule has 0 spiro atoms. The Morgan fingerprint density at radius 2 is 1.90 bits per heavy atom. The Hall–Kier alpha value is -2.42. The molecule has 0 aliphatic carbocycles. The topological polar surface area (TPSA) is 77.1 Å². The third-order valence-electron chi connectivity index (χ3n) is 4.61. The minimum Gasteiger partial charge on any atom is -0.453 e. The standard InChI is InChI=1S/C21H30F2N2O5/c1-21(2,3)30-20(27)25-8-5-6-14(13-25)18(29-9-7-24-19(26)28-4)15-10-16(22)12-17(23)11-15/h10-12,14,18H,5-9,13H2,1-4H3,(H,24,26)/t14-,18-/m1/s1. The first-order chi connectivity index (χ1) is 14.1. The van der Waals surface area contributed by atoms with Crippen molar-refractivity contribution in [1.29, 1.82) is 0 Å². The summed E-state index contributed by atoms with van der Waals surface area (Å²) in [6.07, 6.45) is -0.251. The van der Waals surface area contributed by atoms with Crippen LogP contribution in [0.25, 0.3) is 0 Å². The van der Waals surface area contributed by atoms with Gasteiger partial charge in [-0.1, -0.05) is 0 Å². The van der Waals surface area contributed by atoms with Gasteiger partial charge < -0.3 is 24.4 Å². The lowest BCUT2D eigenvalue weighted by Crippen LogP contribution is -2.44. The molecule has 0 unspecified atom stereocenters. The van der Waals surface area contributed by atoms with Crippen LogP contribution in [0, 0.1) is 17.6 Å². The van der Waals surface area contributed by atoms with Crippen LogP contribution in [0.3, 0.4) is 0 Å². The normalized spacial score (nSPS) is 17.9. The molecule has 0 bridgehead atoms. The van der Waals surface area contributed by atoms with Crippen molar-refractivity contribution in [1.82, 2.24) is 10.2 Å². The average Bonchev–Trinajstić information content (AvgIpc) is 2.65. The molecule has 168 valence electrons. The predicted molar refractivity (Wildman–Crippen MR) is 106 cm³/mol. The number of ether oxygens (including phenoxy) is 3. The summed E-state index contributed by atoms with van der Waals surface area (Å²) in [7, 11) is 1.25. The summed E-state index contributed by atoms with van der Waals surface area (Å²) in [4.78, 5) is 25.3. The largest absolute Gasteiger partial charge is 0.453 e. The van der Waals surface area contributed by atoms with Crippen molar-refractivity contribution in [2.45, 2.75) is 45.3 Å². The second-order valence-corrected chi connectivity index (χ2v) is 8.24. The van der Waals surface area contributed by atoms with Gasteiger partial charge in [-0.15, -0.1) is 0 Å². The number of nitrogens with one attached hydrogen (secondary N) is 1. The zero-order chi connectivity index (χ0) is 22.3. The Bertz CT molecular complexity index is 718. The van der Waals surface area contributed by atoms with E-state index in [0.717, 1.165) is 6.07 Å². The second-order valence-electron chi connectivity index (χ2n) is 8.24. The number of carbonyl (C=O) groups excluding carboxylic acids is 2. The summed E-state index contributed by atoms with van der Waals surface area (Å²) in [6, 6.07) is 3.26. The van der Waals surface area contributed by atoms with Gasteiger partial charge in [0.05, 0.1) is 19.8 Å². The molecule has 1 aliphatic heterocycles. The van der Waals surface area contributed by atoms with Gasteiger partial charge in [-0.25, -0.2) is 18.4 Å². The molecule has 7 nitrogen and oxygen atoms in total. The number of likely N-dealkylation sites (tertiary alicyclic amines) is 1. The second kappa shape index (κ2) is 10.6. The van der Waals surface area contributed by atoms with Gasteiger partial charge in [0.25, 0.3) is 0 Å². The third-order valence-corrected chi connectivity index (χ3v) is 4.61. The van der Waals surface area contributed by atoms with Gasteiger partial charge in [-0.2, -0.15) is 0 Å². The minimum absolute atomic E-state index is 0.112. The van der Waals surface area contributed by atoms with Crippen molar-refractivity contribution in [2.75, 3.05) is 33.4 Å². The van der Waals surface area contributed by atoms with E-state index in [2.05, 4.69) is 10.1 Å². The number of hydrogen-bond acceptors (Lipinski definition) is 5. The fourth-order valence-corrected chi connectivity index (χ4v) is 3.40. The smallest absolute Gasteiger partial charge is 0.410 e. The molecule has 2 amide bonds. The summed E-state index contributed by atoms with van der Waals surface area (Å²) in [6.45, 7) is 6.54. The number of amides is 2. The van der Waals surface area contributed by atoms with Gasteiger partial charge in [-0.05, 0) is 51.3 Å². The lowest BCUT2D eigenvalue weighted by atomic mass is 9.88. The quantitative estimate of drug-likeness (QED) is 0.693. The molecule has 1 saturated heterocycles. The van der Waals surface area contributed by atoms with Gasteiger partial charge in [0.15, 0.2) is 0 Å². The van der Waals surface area contributed by atoms with Crippen LogP contribution in [0.4, 0.5) is 18.4 Å². The minimum atomic E-state index is -0.703. The molecule has 30 heavy (non-hydrogen) atoms. The van der Waals surface area contributed by atoms with E-state index >= 15 is 0 Å². The van der Waals surface area contributed by atoms with E-state index in [1.807, 2.05) is 0 Å². The van der Waals surface area contributed by atoms with Gasteiger partial charge in [0.2, 0.25) is 0 Å². The molecule has 1 aromatic carbocycles. The van der Waals surface area contributed by atoms with Crippen LogP contribution in [0.5, 0.6) is 0 Å². The fraction of sp³-hybridized carbons (Fsp3) is 0.619. The number of piperidine rings is 1. The van der Waals surface area contributed by atoms with Gasteiger partial charge in [-0.3, -0.25) is 0 Å². The van der Waals surface area contributed by atoms with Crippen molar-refractivity contribution in [3.63, 3.8) is 0 Å². The van der Waals surface area contributed by atoms with Crippen LogP contribution >= 0.6 is 0 Å². The molecular weight excluding hydrogens is 398 g/mol. The van der Waals surface area contributed by atoms with E-state index < -0.39 is 35.5 Å². The van der Waals surface area contributed by atoms with Crippen molar-refractivity contribution in [2.24, 2.45) is 5.92 Å². The number of methoxy groups -OCH3 is 1. The van der Waals surface area contributed by atoms with E-state index in [4.69, 9.17) is 9.47 Å². The molecule has 1 fully saturated rings. The van der Waals surface area contributed by atoms with E-state index in [0.29, 0.717) is 31.5 Å². The fourth-order valence-electron chi connectivity index (χ4n) is 3.40. The van der Waals surface area contributed by atoms with Crippen LogP contribution in [0.15, 0.2) is 18.2 Å². The summed E-state index contributed by atoms with van der Waals surface area (Å²) < 4.78 is 43.5. The van der Waals surface area contributed by atoms with Crippen LogP contribution < -0.4 is 5.32 Å². The summed E-state index contributed by atoms with van der Waals surface area (Å²) in [5.74, 6) is -1.59. The van der Waals surface area contributed by atoms with E-state index in [9.17, 15) is 18.4 Å². The lowest BCUT2D eigenvalue weighted by Gasteiger charge is -2.37. The summed E-state index contributed by atoms with van der Waals surface area (Å²) in [5, 5.41) is 2.50. The number of hydrogen-bond donors (Lipinski definition) is 1. The van der Waals surface area contributed by atoms with E-state index in [1.54, 1.807) is 25.7 Å². The molecule has 0 saturated carbocycles. The molecule has 1 aromatic rings. The SMILES string of the molecule is COC(=O)NCCO[C@@H](c1cc(F)cc(F)c1)[C@@H]1CCCN(C(=O)OC(C)(C)C)C1. The maximum Gasteiger partial charge on any atom is 0.410 e. The Morgan fingerprint density at radius 1 is 1.23 bits per heavy atom. The van der Waals surface area contributed by atoms with Gasteiger partial charge in [0.1, 0.15) is 17.2 Å². The highest BCUT2D eigenvalue weighted by molar-refractivity contribution is 5.68. The van der Waals surface area contributed by atoms with Crippen LogP contribution in [-0.4, -0.2) is 56.0 Å². The Kier molecular flexibility index (Phi) is 8.40. The molecule has 1 N–H and O–H groups in total. The highest BCUT2D eigenvalue weighted by atomic mass is 19.1. The molecule has 1 heterocycles. The summed E-state index contributed by atoms with van der Waals surface area (Å²) >= 11 is 0. The zero-order valence-corrected chi connectivity index (χ0v) is 17.9. The monoisotopic (exact) mass is 428 g/mol. The Morgan fingerprint density at radius 3 is 2.50 bits per heavy atom. The molecule has 9 heteroatoms. The lowest BCUT2D eigenvalue weighted by molar-refractivity contribution is -0.0248. The highest BCUT2D eigenvalue weighted by Gasteiger charge is 2.33. The maximum absolute atomic E-state index is 13.8. The number of halogens is 2.